The summed E-state index contributed by atoms with van der Waals surface area (Å²) in [5.41, 5.74) is 5.71. The third-order valence-electron chi connectivity index (χ3n) is 5.41. The quantitative estimate of drug-likeness (QED) is 0.605. The molecule has 3 heterocycles. The highest BCUT2D eigenvalue weighted by Crippen LogP contribution is 2.33. The van der Waals surface area contributed by atoms with Gasteiger partial charge in [0.25, 0.3) is 0 Å². The number of carboxylic acids is 1. The molecule has 4 rings (SSSR count). The van der Waals surface area contributed by atoms with Gasteiger partial charge in [0.1, 0.15) is 23.7 Å². The molecule has 30 heavy (non-hydrogen) atoms. The molecule has 0 amide bonds. The highest BCUT2D eigenvalue weighted by Gasteiger charge is 2.39. The van der Waals surface area contributed by atoms with Gasteiger partial charge in [0.05, 0.1) is 35.3 Å². The molecule has 0 radical (unpaired) electrons. The molecule has 0 aliphatic carbocycles. The third-order valence-corrected chi connectivity index (χ3v) is 5.41. The SMILES string of the molecule is CN(C)C1C(N)CN1c1cc2nc3c(cc2cc1F)c(=O)c(C(=O)O)cn3CCF. The molecule has 3 aromatic rings. The summed E-state index contributed by atoms with van der Waals surface area (Å²) in [4.78, 5) is 32.2. The first-order valence-electron chi connectivity index (χ1n) is 9.38. The van der Waals surface area contributed by atoms with E-state index in [1.54, 1.807) is 6.07 Å². The van der Waals surface area contributed by atoms with Crippen LogP contribution in [0.25, 0.3) is 21.9 Å². The number of carboxylic acid groups (broad SMARTS) is 1. The van der Waals surface area contributed by atoms with E-state index in [1.165, 1.54) is 16.7 Å². The van der Waals surface area contributed by atoms with Crippen molar-refractivity contribution in [3.05, 3.63) is 46.0 Å². The molecule has 1 saturated heterocycles. The number of aromatic nitrogens is 2. The molecule has 158 valence electrons. The molecule has 1 aliphatic heterocycles. The van der Waals surface area contributed by atoms with Gasteiger partial charge in [-0.1, -0.05) is 0 Å². The zero-order valence-electron chi connectivity index (χ0n) is 16.5. The van der Waals surface area contributed by atoms with Crippen LogP contribution in [0, 0.1) is 5.82 Å². The molecule has 1 aromatic carbocycles. The van der Waals surface area contributed by atoms with Crippen LogP contribution in [0.4, 0.5) is 14.5 Å². The van der Waals surface area contributed by atoms with Gasteiger partial charge < -0.3 is 20.3 Å². The fourth-order valence-corrected chi connectivity index (χ4v) is 4.04. The van der Waals surface area contributed by atoms with E-state index in [1.807, 2.05) is 23.9 Å². The Kier molecular flexibility index (Phi) is 4.91. The molecule has 2 aromatic heterocycles. The molecule has 3 N–H and O–H groups in total. The largest absolute Gasteiger partial charge is 0.477 e. The van der Waals surface area contributed by atoms with Crippen molar-refractivity contribution in [2.24, 2.45) is 5.73 Å². The number of nitrogens with two attached hydrogens (primary N) is 1. The first kappa shape index (κ1) is 20.2. The number of fused-ring (bicyclic) bond motifs is 2. The van der Waals surface area contributed by atoms with Gasteiger partial charge in [0.15, 0.2) is 0 Å². The van der Waals surface area contributed by atoms with Crippen molar-refractivity contribution in [2.75, 3.05) is 32.2 Å². The number of hydrogen-bond acceptors (Lipinski definition) is 6. The number of nitrogens with zero attached hydrogens (tertiary/aromatic N) is 4. The number of aryl methyl sites for hydroxylation is 1. The summed E-state index contributed by atoms with van der Waals surface area (Å²) >= 11 is 0. The lowest BCUT2D eigenvalue weighted by molar-refractivity contribution is 0.0694. The summed E-state index contributed by atoms with van der Waals surface area (Å²) < 4.78 is 29.2. The van der Waals surface area contributed by atoms with E-state index < -0.39 is 29.5 Å². The molecule has 2 unspecified atom stereocenters. The molecular formula is C20H21F2N5O3. The number of hydrogen-bond donors (Lipinski definition) is 2. The van der Waals surface area contributed by atoms with Crippen LogP contribution in [0.1, 0.15) is 10.4 Å². The zero-order chi connectivity index (χ0) is 21.7. The highest BCUT2D eigenvalue weighted by molar-refractivity contribution is 5.96. The number of pyridine rings is 2. The topological polar surface area (TPSA) is 105 Å². The van der Waals surface area contributed by atoms with Crippen LogP contribution in [0.5, 0.6) is 0 Å². The van der Waals surface area contributed by atoms with E-state index in [0.29, 0.717) is 23.1 Å². The van der Waals surface area contributed by atoms with Gasteiger partial charge in [-0.25, -0.2) is 18.6 Å². The predicted octanol–water partition coefficient (Wildman–Crippen LogP) is 1.39. The van der Waals surface area contributed by atoms with Gasteiger partial charge in [-0.3, -0.25) is 9.69 Å². The average molecular weight is 417 g/mol. The summed E-state index contributed by atoms with van der Waals surface area (Å²) in [6.07, 6.45) is 0.923. The van der Waals surface area contributed by atoms with Crippen molar-refractivity contribution in [2.45, 2.75) is 18.8 Å². The normalized spacial score (nSPS) is 18.9. The summed E-state index contributed by atoms with van der Waals surface area (Å²) in [6.45, 7) is -0.442. The number of rotatable bonds is 5. The van der Waals surface area contributed by atoms with Gasteiger partial charge in [-0.15, -0.1) is 0 Å². The van der Waals surface area contributed by atoms with Crippen LogP contribution in [-0.2, 0) is 6.54 Å². The summed E-state index contributed by atoms with van der Waals surface area (Å²) in [7, 11) is 3.72. The number of benzene rings is 1. The lowest BCUT2D eigenvalue weighted by Crippen LogP contribution is -2.70. The van der Waals surface area contributed by atoms with E-state index in [4.69, 9.17) is 5.73 Å². The number of anilines is 1. The van der Waals surface area contributed by atoms with Crippen LogP contribution < -0.4 is 16.1 Å². The first-order valence-corrected chi connectivity index (χ1v) is 9.38. The Labute approximate surface area is 170 Å². The Morgan fingerprint density at radius 3 is 2.70 bits per heavy atom. The van der Waals surface area contributed by atoms with E-state index in [-0.39, 0.29) is 29.8 Å². The minimum atomic E-state index is -1.42. The maximum Gasteiger partial charge on any atom is 0.341 e. The zero-order valence-corrected chi connectivity index (χ0v) is 16.5. The number of likely N-dealkylation sites (N-methyl/N-ethyl adjacent to an activating group) is 1. The van der Waals surface area contributed by atoms with E-state index in [0.717, 1.165) is 6.20 Å². The van der Waals surface area contributed by atoms with Crippen LogP contribution >= 0.6 is 0 Å². The Balaban J connectivity index is 1.94. The van der Waals surface area contributed by atoms with E-state index in [9.17, 15) is 23.5 Å². The van der Waals surface area contributed by atoms with Crippen molar-refractivity contribution in [1.29, 1.82) is 0 Å². The van der Waals surface area contributed by atoms with Crippen molar-refractivity contribution in [3.63, 3.8) is 0 Å². The molecule has 0 spiro atoms. The van der Waals surface area contributed by atoms with Crippen molar-refractivity contribution in [3.8, 4) is 0 Å². The lowest BCUT2D eigenvalue weighted by atomic mass is 10.0. The van der Waals surface area contributed by atoms with E-state index in [2.05, 4.69) is 4.98 Å². The molecule has 8 nitrogen and oxygen atoms in total. The lowest BCUT2D eigenvalue weighted by Gasteiger charge is -2.51. The number of aromatic carboxylic acids is 1. The van der Waals surface area contributed by atoms with Gasteiger partial charge in [-0.05, 0) is 32.3 Å². The van der Waals surface area contributed by atoms with Gasteiger partial charge in [-0.2, -0.15) is 0 Å². The molecule has 1 aliphatic rings. The smallest absolute Gasteiger partial charge is 0.341 e. The number of carbonyl (C=O) groups is 1. The molecular weight excluding hydrogens is 396 g/mol. The van der Waals surface area contributed by atoms with Crippen LogP contribution in [0.15, 0.2) is 29.2 Å². The summed E-state index contributed by atoms with van der Waals surface area (Å²) in [5.74, 6) is -1.92. The van der Waals surface area contributed by atoms with Gasteiger partial charge >= 0.3 is 5.97 Å². The number of alkyl halides is 1. The molecule has 0 saturated carbocycles. The monoisotopic (exact) mass is 417 g/mol. The van der Waals surface area contributed by atoms with E-state index >= 15 is 0 Å². The van der Waals surface area contributed by atoms with Crippen LogP contribution in [0.3, 0.4) is 0 Å². The first-order chi connectivity index (χ1) is 14.2. The molecule has 10 heteroatoms. The minimum Gasteiger partial charge on any atom is -0.477 e. The Bertz CT molecular complexity index is 1220. The summed E-state index contributed by atoms with van der Waals surface area (Å²) in [5, 5.41) is 9.64. The Hall–Kier alpha value is -3.11. The van der Waals surface area contributed by atoms with Crippen molar-refractivity contribution >= 4 is 33.6 Å². The fraction of sp³-hybridized carbons (Fsp3) is 0.350. The van der Waals surface area contributed by atoms with Crippen LogP contribution in [0.2, 0.25) is 0 Å². The number of halogens is 2. The maximum absolute atomic E-state index is 14.9. The second-order valence-corrected chi connectivity index (χ2v) is 7.61. The van der Waals surface area contributed by atoms with Gasteiger partial charge in [0, 0.05) is 18.1 Å². The fourth-order valence-electron chi connectivity index (χ4n) is 4.04. The molecule has 1 fully saturated rings. The summed E-state index contributed by atoms with van der Waals surface area (Å²) in [6, 6.07) is 4.12. The van der Waals surface area contributed by atoms with Crippen LogP contribution in [-0.4, -0.2) is 65.0 Å². The molecule has 0 bridgehead atoms. The van der Waals surface area contributed by atoms with Gasteiger partial charge in [0.2, 0.25) is 5.43 Å². The second kappa shape index (κ2) is 7.29. The van der Waals surface area contributed by atoms with Crippen molar-refractivity contribution in [1.82, 2.24) is 14.5 Å². The second-order valence-electron chi connectivity index (χ2n) is 7.61. The third kappa shape index (κ3) is 3.08. The minimum absolute atomic E-state index is 0.000130. The standard InChI is InChI=1S/C20H21F2N5O3/c1-25(2)19-14(23)9-27(19)16-7-15-10(6-13(16)22)5-11-17(28)12(20(29)30)8-26(4-3-21)18(11)24-15/h5-8,14,19H,3-4,9,23H2,1-2H3,(H,29,30). The predicted molar refractivity (Wildman–Crippen MR) is 109 cm³/mol. The highest BCUT2D eigenvalue weighted by atomic mass is 19.1. The Morgan fingerprint density at radius 2 is 2.10 bits per heavy atom. The average Bonchev–Trinajstić information content (AvgIpc) is 2.66. The maximum atomic E-state index is 14.9. The molecule has 2 atom stereocenters. The Morgan fingerprint density at radius 1 is 1.37 bits per heavy atom. The van der Waals surface area contributed by atoms with Crippen molar-refractivity contribution < 1.29 is 18.7 Å².